The van der Waals surface area contributed by atoms with E-state index >= 15 is 0 Å². The van der Waals surface area contributed by atoms with Crippen molar-refractivity contribution in [2.45, 2.75) is 30.1 Å². The van der Waals surface area contributed by atoms with Gasteiger partial charge in [0.05, 0.1) is 11.3 Å². The minimum atomic E-state index is -4.64. The number of rotatable bonds is 5. The summed E-state index contributed by atoms with van der Waals surface area (Å²) in [6, 6.07) is 12.8. The van der Waals surface area contributed by atoms with E-state index in [1.54, 1.807) is 37.5 Å². The van der Waals surface area contributed by atoms with Gasteiger partial charge in [0, 0.05) is 34.7 Å². The van der Waals surface area contributed by atoms with Crippen molar-refractivity contribution in [2.24, 2.45) is 0 Å². The molecule has 0 saturated carbocycles. The Hall–Kier alpha value is -3.99. The number of aromatic nitrogens is 4. The van der Waals surface area contributed by atoms with Gasteiger partial charge in [-0.15, -0.1) is 0 Å². The minimum Gasteiger partial charge on any atom is -0.320 e. The van der Waals surface area contributed by atoms with Gasteiger partial charge in [-0.05, 0) is 67.6 Å². The lowest BCUT2D eigenvalue weighted by molar-refractivity contribution is -0.137. The molecule has 0 aliphatic rings. The Bertz CT molecular complexity index is 1460. The molecule has 0 aliphatic heterocycles. The Morgan fingerprint density at radius 2 is 1.71 bits per heavy atom. The molecular formula is C24H18F3N5O2S. The van der Waals surface area contributed by atoms with Crippen LogP contribution in [0.5, 0.6) is 0 Å². The normalized spacial score (nSPS) is 11.3. The predicted octanol–water partition coefficient (Wildman–Crippen LogP) is 5.06. The smallest absolute Gasteiger partial charge is 0.320 e. The number of carbonyl (C=O) groups is 1. The average Bonchev–Trinajstić information content (AvgIpc) is 2.81. The molecular weight excluding hydrogens is 479 g/mol. The van der Waals surface area contributed by atoms with E-state index in [-0.39, 0.29) is 11.4 Å². The van der Waals surface area contributed by atoms with Gasteiger partial charge < -0.3 is 5.32 Å². The highest BCUT2D eigenvalue weighted by Gasteiger charge is 2.34. The van der Waals surface area contributed by atoms with E-state index in [1.165, 1.54) is 36.9 Å². The maximum atomic E-state index is 13.5. The van der Waals surface area contributed by atoms with Crippen LogP contribution < -0.4 is 10.7 Å². The summed E-state index contributed by atoms with van der Waals surface area (Å²) in [4.78, 5) is 34.6. The van der Waals surface area contributed by atoms with Crippen molar-refractivity contribution in [2.75, 3.05) is 5.32 Å². The monoisotopic (exact) mass is 497 g/mol. The van der Waals surface area contributed by atoms with E-state index < -0.39 is 28.8 Å². The van der Waals surface area contributed by atoms with Gasteiger partial charge in [0.15, 0.2) is 10.9 Å². The Morgan fingerprint density at radius 3 is 2.40 bits per heavy atom. The first kappa shape index (κ1) is 24.1. The fraction of sp³-hybridized carbons (Fsp3) is 0.125. The largest absolute Gasteiger partial charge is 0.418 e. The van der Waals surface area contributed by atoms with Crippen LogP contribution in [-0.2, 0) is 6.18 Å². The first-order valence-electron chi connectivity index (χ1n) is 10.3. The number of nitrogens with zero attached hydrogens (tertiary/aromatic N) is 4. The summed E-state index contributed by atoms with van der Waals surface area (Å²) in [5.74, 6) is -0.830. The van der Waals surface area contributed by atoms with Crippen LogP contribution in [0.25, 0.3) is 5.69 Å². The van der Waals surface area contributed by atoms with Crippen LogP contribution in [0.4, 0.5) is 18.9 Å². The lowest BCUT2D eigenvalue weighted by Gasteiger charge is -2.17. The molecule has 7 nitrogen and oxygen atoms in total. The Morgan fingerprint density at radius 1 is 1.00 bits per heavy atom. The highest BCUT2D eigenvalue weighted by atomic mass is 32.2. The fourth-order valence-corrected chi connectivity index (χ4v) is 4.12. The zero-order valence-electron chi connectivity index (χ0n) is 18.5. The average molecular weight is 498 g/mol. The molecule has 0 bridgehead atoms. The maximum Gasteiger partial charge on any atom is 0.418 e. The third-order valence-corrected chi connectivity index (χ3v) is 5.84. The molecule has 0 saturated heterocycles. The SMILES string of the molecule is Cc1cc(Sc2ncccn2)ccc1NC(=O)c1nn(-c2ccccc2C(F)(F)F)c(C)cc1=O. The molecule has 0 unspecified atom stereocenters. The molecule has 178 valence electrons. The van der Waals surface area contributed by atoms with E-state index in [9.17, 15) is 22.8 Å². The number of carbonyl (C=O) groups excluding carboxylic acids is 1. The number of alkyl halides is 3. The van der Waals surface area contributed by atoms with Crippen LogP contribution in [0.1, 0.15) is 27.3 Å². The molecule has 0 fully saturated rings. The van der Waals surface area contributed by atoms with E-state index in [0.717, 1.165) is 21.7 Å². The summed E-state index contributed by atoms with van der Waals surface area (Å²) in [6.07, 6.45) is -1.38. The molecule has 2 heterocycles. The third-order valence-electron chi connectivity index (χ3n) is 4.96. The van der Waals surface area contributed by atoms with Crippen molar-refractivity contribution in [3.63, 3.8) is 0 Å². The van der Waals surface area contributed by atoms with Gasteiger partial charge in [0.25, 0.3) is 5.91 Å². The van der Waals surface area contributed by atoms with E-state index in [4.69, 9.17) is 0 Å². The van der Waals surface area contributed by atoms with Gasteiger partial charge in [-0.2, -0.15) is 18.3 Å². The summed E-state index contributed by atoms with van der Waals surface area (Å²) < 4.78 is 41.5. The number of para-hydroxylation sites is 1. The summed E-state index contributed by atoms with van der Waals surface area (Å²) >= 11 is 1.34. The molecule has 1 amide bonds. The number of amides is 1. The molecule has 11 heteroatoms. The molecule has 4 rings (SSSR count). The Kier molecular flexibility index (Phi) is 6.70. The Balaban J connectivity index is 1.63. The predicted molar refractivity (Wildman–Crippen MR) is 125 cm³/mol. The second-order valence-electron chi connectivity index (χ2n) is 7.49. The number of anilines is 1. The molecule has 2 aromatic heterocycles. The number of hydrogen-bond acceptors (Lipinski definition) is 6. The first-order valence-corrected chi connectivity index (χ1v) is 11.1. The van der Waals surface area contributed by atoms with Crippen LogP contribution in [-0.4, -0.2) is 25.7 Å². The zero-order chi connectivity index (χ0) is 25.2. The van der Waals surface area contributed by atoms with Gasteiger partial charge in [-0.3, -0.25) is 9.59 Å². The zero-order valence-corrected chi connectivity index (χ0v) is 19.3. The van der Waals surface area contributed by atoms with Gasteiger partial charge in [0.1, 0.15) is 0 Å². The van der Waals surface area contributed by atoms with E-state index in [0.29, 0.717) is 16.4 Å². The van der Waals surface area contributed by atoms with Gasteiger partial charge in [-0.25, -0.2) is 14.6 Å². The van der Waals surface area contributed by atoms with E-state index in [2.05, 4.69) is 20.4 Å². The highest BCUT2D eigenvalue weighted by Crippen LogP contribution is 2.33. The van der Waals surface area contributed by atoms with Crippen molar-refractivity contribution in [1.29, 1.82) is 0 Å². The van der Waals surface area contributed by atoms with Crippen LogP contribution in [0.15, 0.2) is 81.8 Å². The van der Waals surface area contributed by atoms with Crippen LogP contribution in [0.3, 0.4) is 0 Å². The van der Waals surface area contributed by atoms with Crippen molar-refractivity contribution in [1.82, 2.24) is 19.7 Å². The lowest BCUT2D eigenvalue weighted by Crippen LogP contribution is -2.27. The number of aryl methyl sites for hydroxylation is 2. The quantitative estimate of drug-likeness (QED) is 0.388. The van der Waals surface area contributed by atoms with Crippen LogP contribution in [0, 0.1) is 13.8 Å². The van der Waals surface area contributed by atoms with Crippen LogP contribution >= 0.6 is 11.8 Å². The van der Waals surface area contributed by atoms with Gasteiger partial charge >= 0.3 is 6.18 Å². The standard InChI is InChI=1S/C24H18F3N5O2S/c1-14-12-16(35-23-28-10-5-11-29-23)8-9-18(14)30-22(34)21-20(33)13-15(2)32(31-21)19-7-4-3-6-17(19)24(25,26)27/h3-13H,1-2H3,(H,30,34). The van der Waals surface area contributed by atoms with Crippen molar-refractivity contribution < 1.29 is 18.0 Å². The fourth-order valence-electron chi connectivity index (χ4n) is 3.31. The molecule has 35 heavy (non-hydrogen) atoms. The maximum absolute atomic E-state index is 13.5. The first-order chi connectivity index (χ1) is 16.6. The molecule has 0 atom stereocenters. The molecule has 1 N–H and O–H groups in total. The lowest BCUT2D eigenvalue weighted by atomic mass is 10.1. The molecule has 0 spiro atoms. The van der Waals surface area contributed by atoms with Crippen LogP contribution in [0.2, 0.25) is 0 Å². The number of nitrogens with one attached hydrogen (secondary N) is 1. The molecule has 0 aliphatic carbocycles. The Labute approximate surface area is 202 Å². The number of hydrogen-bond donors (Lipinski definition) is 1. The molecule has 2 aromatic carbocycles. The second-order valence-corrected chi connectivity index (χ2v) is 8.53. The number of benzene rings is 2. The molecule has 0 radical (unpaired) electrons. The van der Waals surface area contributed by atoms with Gasteiger partial charge in [-0.1, -0.05) is 12.1 Å². The van der Waals surface area contributed by atoms with Crippen molar-refractivity contribution in [3.8, 4) is 5.69 Å². The highest BCUT2D eigenvalue weighted by molar-refractivity contribution is 7.99. The van der Waals surface area contributed by atoms with E-state index in [1.807, 2.05) is 6.07 Å². The topological polar surface area (TPSA) is 89.8 Å². The van der Waals surface area contributed by atoms with Gasteiger partial charge in [0.2, 0.25) is 5.43 Å². The van der Waals surface area contributed by atoms with Crippen molar-refractivity contribution >= 4 is 23.4 Å². The summed E-state index contributed by atoms with van der Waals surface area (Å²) in [7, 11) is 0. The minimum absolute atomic E-state index is 0.156. The number of halogens is 3. The second kappa shape index (κ2) is 9.71. The van der Waals surface area contributed by atoms with Crippen molar-refractivity contribution in [3.05, 3.63) is 99.7 Å². The molecule has 4 aromatic rings. The third kappa shape index (κ3) is 5.40. The summed E-state index contributed by atoms with van der Waals surface area (Å²) in [5.41, 5.74) is -1.16. The summed E-state index contributed by atoms with van der Waals surface area (Å²) in [5, 5.41) is 7.17. The summed E-state index contributed by atoms with van der Waals surface area (Å²) in [6.45, 7) is 3.21.